The molecule has 3 rings (SSSR count). The summed E-state index contributed by atoms with van der Waals surface area (Å²) in [6.45, 7) is 0.275. The van der Waals surface area contributed by atoms with E-state index in [1.165, 1.54) is 4.90 Å². The lowest BCUT2D eigenvalue weighted by Crippen LogP contribution is -2.31. The maximum atomic E-state index is 11.9. The molecule has 0 saturated heterocycles. The molecule has 0 atom stereocenters. The van der Waals surface area contributed by atoms with Crippen molar-refractivity contribution >= 4 is 23.6 Å². The summed E-state index contributed by atoms with van der Waals surface area (Å²) in [4.78, 5) is 24.6. The van der Waals surface area contributed by atoms with Gasteiger partial charge in [0.15, 0.2) is 0 Å². The van der Waals surface area contributed by atoms with Crippen molar-refractivity contribution < 1.29 is 14.7 Å². The van der Waals surface area contributed by atoms with E-state index < -0.39 is 6.09 Å². The third kappa shape index (κ3) is 3.91. The lowest BCUT2D eigenvalue weighted by molar-refractivity contribution is -0.120. The van der Waals surface area contributed by atoms with Gasteiger partial charge in [0.05, 0.1) is 13.0 Å². The van der Waals surface area contributed by atoms with E-state index in [9.17, 15) is 14.7 Å². The lowest BCUT2D eigenvalue weighted by atomic mass is 10.1. The Morgan fingerprint density at radius 1 is 1.27 bits per heavy atom. The van der Waals surface area contributed by atoms with E-state index in [0.29, 0.717) is 17.5 Å². The molecule has 0 heterocycles. The average Bonchev–Trinajstić information content (AvgIpc) is 3.32. The summed E-state index contributed by atoms with van der Waals surface area (Å²) in [6.07, 6.45) is 3.33. The highest BCUT2D eigenvalue weighted by Crippen LogP contribution is 2.30. The van der Waals surface area contributed by atoms with Gasteiger partial charge in [-0.05, 0) is 42.9 Å². The van der Waals surface area contributed by atoms with Gasteiger partial charge in [0.25, 0.3) is 0 Å². The summed E-state index contributed by atoms with van der Waals surface area (Å²) in [5.74, 6) is 0.00746. The van der Waals surface area contributed by atoms with Gasteiger partial charge in [0, 0.05) is 17.1 Å². The maximum absolute atomic E-state index is 11.9. The minimum Gasteiger partial charge on any atom is -0.465 e. The molecule has 0 radical (unpaired) electrons. The zero-order chi connectivity index (χ0) is 15.7. The number of carboxylic acid groups (broad SMARTS) is 1. The molecule has 22 heavy (non-hydrogen) atoms. The van der Waals surface area contributed by atoms with Crippen molar-refractivity contribution in [3.8, 4) is 0 Å². The summed E-state index contributed by atoms with van der Waals surface area (Å²) in [7, 11) is 0. The second kappa shape index (κ2) is 6.16. The van der Waals surface area contributed by atoms with Crippen LogP contribution in [0.4, 0.5) is 4.79 Å². The number of amides is 2. The first-order valence-corrected chi connectivity index (χ1v) is 7.97. The van der Waals surface area contributed by atoms with Crippen LogP contribution < -0.4 is 5.32 Å². The number of nitrogens with one attached hydrogen (secondary N) is 1. The molecule has 2 amide bonds. The Bertz CT molecular complexity index is 597. The quantitative estimate of drug-likeness (QED) is 0.846. The monoisotopic (exact) mass is 322 g/mol. The number of hydrogen-bond acceptors (Lipinski definition) is 2. The van der Waals surface area contributed by atoms with Gasteiger partial charge in [0.1, 0.15) is 0 Å². The van der Waals surface area contributed by atoms with E-state index in [1.54, 1.807) is 6.07 Å². The summed E-state index contributed by atoms with van der Waals surface area (Å²) in [5, 5.41) is 12.8. The number of carbonyl (C=O) groups excluding carboxylic acids is 1. The zero-order valence-corrected chi connectivity index (χ0v) is 13.0. The first kappa shape index (κ1) is 15.2. The number of nitrogens with zero attached hydrogens (tertiary/aromatic N) is 1. The van der Waals surface area contributed by atoms with Gasteiger partial charge in [-0.2, -0.15) is 0 Å². The van der Waals surface area contributed by atoms with E-state index in [2.05, 4.69) is 5.32 Å². The molecule has 0 aliphatic heterocycles. The summed E-state index contributed by atoms with van der Waals surface area (Å²) >= 11 is 6.18. The van der Waals surface area contributed by atoms with Crippen LogP contribution >= 0.6 is 11.6 Å². The Labute approximate surface area is 134 Å². The largest absolute Gasteiger partial charge is 0.465 e. The van der Waals surface area contributed by atoms with E-state index in [1.807, 2.05) is 12.1 Å². The molecule has 6 heteroatoms. The number of halogens is 1. The van der Waals surface area contributed by atoms with Crippen LogP contribution in [0.2, 0.25) is 5.02 Å². The molecule has 1 aromatic carbocycles. The van der Waals surface area contributed by atoms with Gasteiger partial charge in [-0.15, -0.1) is 0 Å². The van der Waals surface area contributed by atoms with E-state index in [4.69, 9.17) is 11.6 Å². The molecule has 2 saturated carbocycles. The SMILES string of the molecule is O=C(Cc1ccc(Cl)c(CN(C(=O)O)C2CC2)c1)NC1CC1. The van der Waals surface area contributed by atoms with Gasteiger partial charge in [-0.3, -0.25) is 4.79 Å². The van der Waals surface area contributed by atoms with E-state index in [-0.39, 0.29) is 18.5 Å². The van der Waals surface area contributed by atoms with Crippen LogP contribution in [0.5, 0.6) is 0 Å². The third-order valence-electron chi connectivity index (χ3n) is 3.99. The van der Waals surface area contributed by atoms with Gasteiger partial charge >= 0.3 is 6.09 Å². The number of rotatable bonds is 6. The molecule has 118 valence electrons. The van der Waals surface area contributed by atoms with Crippen molar-refractivity contribution in [3.05, 3.63) is 34.3 Å². The minimum absolute atomic E-state index is 0.00746. The molecule has 0 spiro atoms. The van der Waals surface area contributed by atoms with Gasteiger partial charge < -0.3 is 15.3 Å². The first-order valence-electron chi connectivity index (χ1n) is 7.59. The van der Waals surface area contributed by atoms with Crippen LogP contribution in [0.3, 0.4) is 0 Å². The fourth-order valence-electron chi connectivity index (χ4n) is 2.47. The Morgan fingerprint density at radius 2 is 2.00 bits per heavy atom. The zero-order valence-electron chi connectivity index (χ0n) is 12.2. The second-order valence-electron chi connectivity index (χ2n) is 6.09. The van der Waals surface area contributed by atoms with E-state index >= 15 is 0 Å². The fourth-order valence-corrected chi connectivity index (χ4v) is 2.65. The van der Waals surface area contributed by atoms with Crippen LogP contribution in [-0.4, -0.2) is 34.1 Å². The van der Waals surface area contributed by atoms with Crippen LogP contribution in [0.15, 0.2) is 18.2 Å². The second-order valence-corrected chi connectivity index (χ2v) is 6.49. The number of hydrogen-bond donors (Lipinski definition) is 2. The summed E-state index contributed by atoms with van der Waals surface area (Å²) < 4.78 is 0. The number of benzene rings is 1. The molecular formula is C16H19ClN2O3. The average molecular weight is 323 g/mol. The van der Waals surface area contributed by atoms with Crippen molar-refractivity contribution in [1.29, 1.82) is 0 Å². The third-order valence-corrected chi connectivity index (χ3v) is 4.36. The minimum atomic E-state index is -0.921. The van der Waals surface area contributed by atoms with Crippen LogP contribution in [0.25, 0.3) is 0 Å². The van der Waals surface area contributed by atoms with Gasteiger partial charge in [-0.1, -0.05) is 23.7 Å². The normalized spacial score (nSPS) is 17.1. The maximum Gasteiger partial charge on any atom is 0.407 e. The Balaban J connectivity index is 1.68. The first-order chi connectivity index (χ1) is 10.5. The van der Waals surface area contributed by atoms with E-state index in [0.717, 1.165) is 36.8 Å². The Hall–Kier alpha value is -1.75. The summed E-state index contributed by atoms with van der Waals surface area (Å²) in [6, 6.07) is 5.85. The molecule has 2 fully saturated rings. The topological polar surface area (TPSA) is 69.6 Å². The molecule has 2 aliphatic rings. The predicted molar refractivity (Wildman–Crippen MR) is 82.9 cm³/mol. The predicted octanol–water partition coefficient (Wildman–Crippen LogP) is 2.80. The smallest absolute Gasteiger partial charge is 0.407 e. The van der Waals surface area contributed by atoms with Crippen LogP contribution in [0, 0.1) is 0 Å². The summed E-state index contributed by atoms with van der Waals surface area (Å²) in [5.41, 5.74) is 1.62. The van der Waals surface area contributed by atoms with Crippen molar-refractivity contribution in [2.24, 2.45) is 0 Å². The van der Waals surface area contributed by atoms with Crippen LogP contribution in [0.1, 0.15) is 36.8 Å². The number of carbonyl (C=O) groups is 2. The molecule has 0 unspecified atom stereocenters. The molecule has 1 aromatic rings. The molecule has 5 nitrogen and oxygen atoms in total. The molecule has 2 N–H and O–H groups in total. The molecule has 0 bridgehead atoms. The molecule has 2 aliphatic carbocycles. The van der Waals surface area contributed by atoms with Crippen molar-refractivity contribution in [2.75, 3.05) is 0 Å². The van der Waals surface area contributed by atoms with Gasteiger partial charge in [-0.25, -0.2) is 4.79 Å². The highest BCUT2D eigenvalue weighted by Gasteiger charge is 2.32. The van der Waals surface area contributed by atoms with Crippen LogP contribution in [-0.2, 0) is 17.8 Å². The van der Waals surface area contributed by atoms with Crippen molar-refractivity contribution in [2.45, 2.75) is 50.7 Å². The lowest BCUT2D eigenvalue weighted by Gasteiger charge is -2.19. The Morgan fingerprint density at radius 3 is 2.59 bits per heavy atom. The molecule has 0 aromatic heterocycles. The highest BCUT2D eigenvalue weighted by molar-refractivity contribution is 6.31. The standard InChI is InChI=1S/C16H19ClN2O3/c17-14-6-1-10(8-15(20)18-12-2-3-12)7-11(14)9-19(16(21)22)13-4-5-13/h1,6-7,12-13H,2-5,8-9H2,(H,18,20)(H,21,22). The van der Waals surface area contributed by atoms with Crippen molar-refractivity contribution in [1.82, 2.24) is 10.2 Å². The Kier molecular flexibility index (Phi) is 4.25. The van der Waals surface area contributed by atoms with Crippen molar-refractivity contribution in [3.63, 3.8) is 0 Å². The molecular weight excluding hydrogens is 304 g/mol. The highest BCUT2D eigenvalue weighted by atomic mass is 35.5. The fraction of sp³-hybridized carbons (Fsp3) is 0.500. The van der Waals surface area contributed by atoms with Gasteiger partial charge in [0.2, 0.25) is 5.91 Å².